The lowest BCUT2D eigenvalue weighted by Gasteiger charge is -2.09. The Morgan fingerprint density at radius 2 is 1.96 bits per heavy atom. The molecule has 1 amide bonds. The molecule has 9 heteroatoms. The van der Waals surface area contributed by atoms with Gasteiger partial charge in [0, 0.05) is 12.1 Å². The number of ether oxygens (including phenoxy) is 1. The first kappa shape index (κ1) is 16.8. The van der Waals surface area contributed by atoms with Crippen LogP contribution in [-0.2, 0) is 17.5 Å². The molecule has 23 heavy (non-hydrogen) atoms. The van der Waals surface area contributed by atoms with E-state index < -0.39 is 18.2 Å². The Hall–Kier alpha value is -2.58. The second-order valence-electron chi connectivity index (χ2n) is 4.93. The van der Waals surface area contributed by atoms with Crippen molar-refractivity contribution in [2.75, 3.05) is 0 Å². The summed E-state index contributed by atoms with van der Waals surface area (Å²) in [6, 6.07) is 6.34. The van der Waals surface area contributed by atoms with E-state index in [0.29, 0.717) is 5.56 Å². The van der Waals surface area contributed by atoms with Gasteiger partial charge in [-0.2, -0.15) is 18.2 Å². The number of alkyl carbamates (subject to hydrolysis) is 1. The fourth-order valence-corrected chi connectivity index (χ4v) is 1.66. The molecule has 0 saturated carbocycles. The lowest BCUT2D eigenvalue weighted by atomic mass is 10.1. The number of benzene rings is 1. The number of alkyl halides is 3. The first-order chi connectivity index (χ1) is 10.8. The number of amides is 1. The molecule has 0 bridgehead atoms. The average Bonchev–Trinajstić information content (AvgIpc) is 2.95. The molecule has 0 unspecified atom stereocenters. The molecule has 6 nitrogen and oxygen atoms in total. The summed E-state index contributed by atoms with van der Waals surface area (Å²) < 4.78 is 46.3. The van der Waals surface area contributed by atoms with Crippen LogP contribution in [0.4, 0.5) is 18.0 Å². The van der Waals surface area contributed by atoms with Crippen molar-refractivity contribution in [3.63, 3.8) is 0 Å². The van der Waals surface area contributed by atoms with E-state index >= 15 is 0 Å². The van der Waals surface area contributed by atoms with Crippen molar-refractivity contribution in [1.29, 1.82) is 0 Å². The first-order valence-corrected chi connectivity index (χ1v) is 6.70. The molecular weight excluding hydrogens is 315 g/mol. The molecule has 2 rings (SSSR count). The molecule has 0 aliphatic heterocycles. The van der Waals surface area contributed by atoms with Gasteiger partial charge in [-0.1, -0.05) is 29.4 Å². The number of nitrogens with one attached hydrogen (secondary N) is 1. The van der Waals surface area contributed by atoms with Gasteiger partial charge in [0.1, 0.15) is 0 Å². The highest BCUT2D eigenvalue weighted by molar-refractivity contribution is 5.67. The van der Waals surface area contributed by atoms with E-state index in [1.807, 2.05) is 0 Å². The van der Waals surface area contributed by atoms with Crippen LogP contribution in [0, 0.1) is 0 Å². The minimum Gasteiger partial charge on any atom is -0.447 e. The minimum absolute atomic E-state index is 0.156. The van der Waals surface area contributed by atoms with Crippen molar-refractivity contribution < 1.29 is 27.2 Å². The highest BCUT2D eigenvalue weighted by Gasteiger charge is 2.38. The van der Waals surface area contributed by atoms with Crippen LogP contribution >= 0.6 is 0 Å². The molecule has 0 aliphatic carbocycles. The summed E-state index contributed by atoms with van der Waals surface area (Å²) in [4.78, 5) is 14.6. The van der Waals surface area contributed by atoms with Gasteiger partial charge in [0.25, 0.3) is 0 Å². The maximum atomic E-state index is 12.4. The fraction of sp³-hybridized carbons (Fsp3) is 0.357. The Morgan fingerprint density at radius 3 is 2.48 bits per heavy atom. The van der Waals surface area contributed by atoms with Crippen LogP contribution < -0.4 is 5.32 Å². The highest BCUT2D eigenvalue weighted by Crippen LogP contribution is 2.29. The Morgan fingerprint density at radius 1 is 1.30 bits per heavy atom. The summed E-state index contributed by atoms with van der Waals surface area (Å²) in [6.07, 6.45) is -5.44. The number of hydrogen-bond acceptors (Lipinski definition) is 5. The van der Waals surface area contributed by atoms with Crippen molar-refractivity contribution in [3.8, 4) is 11.4 Å². The number of nitrogens with zero attached hydrogens (tertiary/aromatic N) is 2. The molecule has 0 spiro atoms. The van der Waals surface area contributed by atoms with Crippen molar-refractivity contribution in [3.05, 3.63) is 35.7 Å². The largest absolute Gasteiger partial charge is 0.471 e. The molecule has 0 fully saturated rings. The molecule has 1 N–H and O–H groups in total. The molecule has 1 aromatic heterocycles. The maximum Gasteiger partial charge on any atom is 0.471 e. The third-order valence-electron chi connectivity index (χ3n) is 2.66. The van der Waals surface area contributed by atoms with Gasteiger partial charge in [0.2, 0.25) is 5.82 Å². The summed E-state index contributed by atoms with van der Waals surface area (Å²) in [7, 11) is 0. The fourth-order valence-electron chi connectivity index (χ4n) is 1.66. The second kappa shape index (κ2) is 6.67. The Labute approximate surface area is 129 Å². The predicted octanol–water partition coefficient (Wildman–Crippen LogP) is 3.39. The summed E-state index contributed by atoms with van der Waals surface area (Å²) in [5.74, 6) is -1.55. The molecule has 2 aromatic rings. The number of carbonyl (C=O) groups excluding carboxylic acids is 1. The summed E-state index contributed by atoms with van der Waals surface area (Å²) in [5, 5.41) is 5.85. The molecule has 0 atom stereocenters. The van der Waals surface area contributed by atoms with E-state index in [1.165, 1.54) is 12.1 Å². The van der Waals surface area contributed by atoms with Crippen LogP contribution in [0.3, 0.4) is 0 Å². The van der Waals surface area contributed by atoms with Gasteiger partial charge >= 0.3 is 18.2 Å². The van der Waals surface area contributed by atoms with Gasteiger partial charge in [0.05, 0.1) is 6.10 Å². The number of aromatic nitrogens is 2. The van der Waals surface area contributed by atoms with Gasteiger partial charge in [-0.15, -0.1) is 0 Å². The second-order valence-corrected chi connectivity index (χ2v) is 4.93. The Bertz CT molecular complexity index is 666. The van der Waals surface area contributed by atoms with Crippen molar-refractivity contribution in [2.24, 2.45) is 0 Å². The number of halogens is 3. The van der Waals surface area contributed by atoms with Crippen LogP contribution in [0.25, 0.3) is 11.4 Å². The lowest BCUT2D eigenvalue weighted by Crippen LogP contribution is -2.26. The zero-order chi connectivity index (χ0) is 17.0. The third-order valence-corrected chi connectivity index (χ3v) is 2.66. The van der Waals surface area contributed by atoms with Gasteiger partial charge in [-0.3, -0.25) is 0 Å². The number of carbonyl (C=O) groups is 1. The minimum atomic E-state index is -4.67. The summed E-state index contributed by atoms with van der Waals surface area (Å²) in [6.45, 7) is 3.69. The van der Waals surface area contributed by atoms with Crippen LogP contribution in [0.1, 0.15) is 25.3 Å². The smallest absolute Gasteiger partial charge is 0.447 e. The Kier molecular flexibility index (Phi) is 4.87. The van der Waals surface area contributed by atoms with Gasteiger partial charge in [-0.25, -0.2) is 4.79 Å². The van der Waals surface area contributed by atoms with Crippen LogP contribution in [-0.4, -0.2) is 22.3 Å². The average molecular weight is 329 g/mol. The Balaban J connectivity index is 1.99. The number of rotatable bonds is 4. The lowest BCUT2D eigenvalue weighted by molar-refractivity contribution is -0.159. The van der Waals surface area contributed by atoms with Crippen molar-refractivity contribution in [1.82, 2.24) is 15.5 Å². The predicted molar refractivity (Wildman–Crippen MR) is 73.2 cm³/mol. The third kappa shape index (κ3) is 4.70. The standard InChI is InChI=1S/C14H14F3N3O3/c1-8(2)22-13(21)18-7-9-3-5-10(6-4-9)11-19-12(23-20-11)14(15,16)17/h3-6,8H,7H2,1-2H3,(H,18,21). The van der Waals surface area contributed by atoms with E-state index in [2.05, 4.69) is 20.0 Å². The molecular formula is C14H14F3N3O3. The van der Waals surface area contributed by atoms with E-state index in [9.17, 15) is 18.0 Å². The summed E-state index contributed by atoms with van der Waals surface area (Å²) >= 11 is 0. The van der Waals surface area contributed by atoms with Crippen LogP contribution in [0.5, 0.6) is 0 Å². The highest BCUT2D eigenvalue weighted by atomic mass is 19.4. The SMILES string of the molecule is CC(C)OC(=O)NCc1ccc(-c2noc(C(F)(F)F)n2)cc1. The van der Waals surface area contributed by atoms with E-state index in [4.69, 9.17) is 4.74 Å². The zero-order valence-electron chi connectivity index (χ0n) is 12.3. The monoisotopic (exact) mass is 329 g/mol. The van der Waals surface area contributed by atoms with Gasteiger partial charge in [0.15, 0.2) is 0 Å². The molecule has 0 saturated heterocycles. The first-order valence-electron chi connectivity index (χ1n) is 6.70. The molecule has 0 radical (unpaired) electrons. The molecule has 124 valence electrons. The molecule has 1 heterocycles. The van der Waals surface area contributed by atoms with Crippen LogP contribution in [0.15, 0.2) is 28.8 Å². The van der Waals surface area contributed by atoms with Crippen LogP contribution in [0.2, 0.25) is 0 Å². The van der Waals surface area contributed by atoms with Gasteiger partial charge in [-0.05, 0) is 19.4 Å². The van der Waals surface area contributed by atoms with E-state index in [0.717, 1.165) is 5.56 Å². The number of hydrogen-bond donors (Lipinski definition) is 1. The van der Waals surface area contributed by atoms with Crippen molar-refractivity contribution >= 4 is 6.09 Å². The normalized spacial score (nSPS) is 11.6. The topological polar surface area (TPSA) is 77.2 Å². The van der Waals surface area contributed by atoms with E-state index in [-0.39, 0.29) is 18.5 Å². The van der Waals surface area contributed by atoms with Crippen molar-refractivity contribution in [2.45, 2.75) is 32.7 Å². The zero-order valence-corrected chi connectivity index (χ0v) is 12.3. The van der Waals surface area contributed by atoms with E-state index in [1.54, 1.807) is 26.0 Å². The summed E-state index contributed by atoms with van der Waals surface area (Å²) in [5.41, 5.74) is 1.12. The van der Waals surface area contributed by atoms with Gasteiger partial charge < -0.3 is 14.6 Å². The molecule has 0 aliphatic rings. The quantitative estimate of drug-likeness (QED) is 0.930. The maximum absolute atomic E-state index is 12.4. The molecule has 1 aromatic carbocycles.